The Morgan fingerprint density at radius 3 is 2.42 bits per heavy atom. The minimum atomic E-state index is 0.0770. The van der Waals surface area contributed by atoms with Crippen LogP contribution in [0.2, 0.25) is 10.0 Å². The molecule has 2 aliphatic carbocycles. The molecule has 0 atom stereocenters. The van der Waals surface area contributed by atoms with E-state index < -0.39 is 0 Å². The Hall–Kier alpha value is -2.15. The van der Waals surface area contributed by atoms with Crippen LogP contribution >= 0.6 is 35.0 Å². The van der Waals surface area contributed by atoms with Gasteiger partial charge in [-0.2, -0.15) is 0 Å². The predicted octanol–water partition coefficient (Wildman–Crippen LogP) is 8.52. The lowest BCUT2D eigenvalue weighted by molar-refractivity contribution is -0.124. The Labute approximate surface area is 239 Å². The second kappa shape index (κ2) is 12.8. The summed E-state index contributed by atoms with van der Waals surface area (Å²) >= 11 is 13.8. The Morgan fingerprint density at radius 1 is 0.974 bits per heavy atom. The average molecular weight is 574 g/mol. The van der Waals surface area contributed by atoms with Crippen molar-refractivity contribution < 1.29 is 14.3 Å². The van der Waals surface area contributed by atoms with E-state index in [4.69, 9.17) is 37.7 Å². The number of nitrogens with zero attached hydrogens (tertiary/aromatic N) is 2. The second-order valence-corrected chi connectivity index (χ2v) is 12.1. The van der Waals surface area contributed by atoms with Gasteiger partial charge in [0.15, 0.2) is 16.7 Å². The summed E-state index contributed by atoms with van der Waals surface area (Å²) in [6.45, 7) is 0.290. The third-order valence-electron chi connectivity index (χ3n) is 7.53. The molecule has 5 rings (SSSR count). The summed E-state index contributed by atoms with van der Waals surface area (Å²) in [5, 5.41) is 2.04. The van der Waals surface area contributed by atoms with Crippen molar-refractivity contribution in [3.63, 3.8) is 0 Å². The van der Waals surface area contributed by atoms with Gasteiger partial charge in [-0.05, 0) is 73.4 Å². The van der Waals surface area contributed by atoms with E-state index in [2.05, 4.69) is 0 Å². The van der Waals surface area contributed by atoms with E-state index in [1.807, 2.05) is 35.2 Å². The molecular weight excluding hydrogens is 539 g/mol. The quantitative estimate of drug-likeness (QED) is 0.312. The molecule has 3 fully saturated rings. The molecule has 38 heavy (non-hydrogen) atoms. The van der Waals surface area contributed by atoms with Crippen molar-refractivity contribution in [3.8, 4) is 11.5 Å². The van der Waals surface area contributed by atoms with Gasteiger partial charge in [0.1, 0.15) is 6.61 Å². The van der Waals surface area contributed by atoms with Crippen LogP contribution in [0, 0.1) is 0 Å². The summed E-state index contributed by atoms with van der Waals surface area (Å²) in [6.07, 6.45) is 13.7. The molecule has 1 heterocycles. The molecular formula is C30H34Cl2N2O3S. The van der Waals surface area contributed by atoms with Crippen LogP contribution in [-0.4, -0.2) is 35.2 Å². The van der Waals surface area contributed by atoms with Crippen LogP contribution in [0.15, 0.2) is 46.3 Å². The van der Waals surface area contributed by atoms with Gasteiger partial charge >= 0.3 is 0 Å². The van der Waals surface area contributed by atoms with Crippen LogP contribution in [0.4, 0.5) is 0 Å². The number of benzene rings is 2. The summed E-state index contributed by atoms with van der Waals surface area (Å²) in [7, 11) is 1.61. The second-order valence-electron chi connectivity index (χ2n) is 10.2. The number of rotatable bonds is 7. The van der Waals surface area contributed by atoms with E-state index in [0.717, 1.165) is 42.0 Å². The number of hydrogen-bond donors (Lipinski definition) is 0. The molecule has 2 aromatic rings. The first kappa shape index (κ1) is 27.4. The van der Waals surface area contributed by atoms with Gasteiger partial charge in [0.2, 0.25) is 0 Å². The molecule has 1 saturated heterocycles. The molecule has 0 radical (unpaired) electrons. The lowest BCUT2D eigenvalue weighted by Crippen LogP contribution is -2.41. The van der Waals surface area contributed by atoms with E-state index in [1.54, 1.807) is 19.2 Å². The van der Waals surface area contributed by atoms with Gasteiger partial charge in [0.05, 0.1) is 18.1 Å². The van der Waals surface area contributed by atoms with Crippen molar-refractivity contribution in [1.29, 1.82) is 0 Å². The molecule has 2 saturated carbocycles. The molecule has 5 nitrogen and oxygen atoms in total. The van der Waals surface area contributed by atoms with E-state index in [1.165, 1.54) is 50.3 Å². The van der Waals surface area contributed by atoms with Crippen LogP contribution in [0.3, 0.4) is 0 Å². The summed E-state index contributed by atoms with van der Waals surface area (Å²) in [5.74, 6) is 1.28. The number of thioether (sulfide) groups is 1. The van der Waals surface area contributed by atoms with Crippen LogP contribution in [0.1, 0.15) is 75.3 Å². The summed E-state index contributed by atoms with van der Waals surface area (Å²) in [4.78, 5) is 21.5. The first-order chi connectivity index (χ1) is 18.5. The number of amidine groups is 1. The molecule has 0 bridgehead atoms. The fourth-order valence-corrected chi connectivity index (χ4v) is 7.02. The van der Waals surface area contributed by atoms with Crippen molar-refractivity contribution in [3.05, 3.63) is 62.5 Å². The van der Waals surface area contributed by atoms with Crippen molar-refractivity contribution >= 4 is 52.1 Å². The van der Waals surface area contributed by atoms with E-state index in [0.29, 0.717) is 39.1 Å². The van der Waals surface area contributed by atoms with Crippen LogP contribution in [-0.2, 0) is 11.4 Å². The number of carbonyl (C=O) groups is 1. The van der Waals surface area contributed by atoms with Crippen LogP contribution in [0.5, 0.6) is 11.5 Å². The molecule has 0 aromatic heterocycles. The zero-order valence-corrected chi connectivity index (χ0v) is 24.1. The molecule has 1 aliphatic heterocycles. The molecule has 1 amide bonds. The smallest absolute Gasteiger partial charge is 0.266 e. The lowest BCUT2D eigenvalue weighted by Gasteiger charge is -2.31. The van der Waals surface area contributed by atoms with Crippen LogP contribution in [0.25, 0.3) is 6.08 Å². The Bertz CT molecular complexity index is 1220. The van der Waals surface area contributed by atoms with Gasteiger partial charge in [-0.15, -0.1) is 0 Å². The Morgan fingerprint density at radius 2 is 1.71 bits per heavy atom. The summed E-state index contributed by atoms with van der Waals surface area (Å²) in [5.41, 5.74) is 1.72. The first-order valence-corrected chi connectivity index (χ1v) is 15.1. The topological polar surface area (TPSA) is 51.1 Å². The van der Waals surface area contributed by atoms with Crippen molar-refractivity contribution in [1.82, 2.24) is 4.90 Å². The highest BCUT2D eigenvalue weighted by Crippen LogP contribution is 2.39. The third kappa shape index (κ3) is 6.52. The van der Waals surface area contributed by atoms with E-state index in [-0.39, 0.29) is 11.9 Å². The van der Waals surface area contributed by atoms with Crippen molar-refractivity contribution in [2.75, 3.05) is 7.11 Å². The van der Waals surface area contributed by atoms with Gasteiger partial charge in [0, 0.05) is 21.7 Å². The first-order valence-electron chi connectivity index (χ1n) is 13.6. The third-order valence-corrected chi connectivity index (χ3v) is 9.11. The number of ether oxygens (including phenoxy) is 2. The Kier molecular flexibility index (Phi) is 9.24. The molecule has 0 unspecified atom stereocenters. The summed E-state index contributed by atoms with van der Waals surface area (Å²) in [6, 6.07) is 11.6. The van der Waals surface area contributed by atoms with Crippen molar-refractivity contribution in [2.24, 2.45) is 4.99 Å². The highest BCUT2D eigenvalue weighted by atomic mass is 35.5. The van der Waals surface area contributed by atoms with E-state index >= 15 is 0 Å². The predicted molar refractivity (Wildman–Crippen MR) is 157 cm³/mol. The number of aliphatic imine (C=N–C) groups is 1. The maximum atomic E-state index is 13.7. The fourth-order valence-electron chi connectivity index (χ4n) is 5.44. The number of methoxy groups -OCH3 is 1. The zero-order chi connectivity index (χ0) is 26.5. The molecule has 2 aromatic carbocycles. The average Bonchev–Trinajstić information content (AvgIpc) is 3.23. The molecule has 202 valence electrons. The zero-order valence-electron chi connectivity index (χ0n) is 21.8. The number of amides is 1. The van der Waals surface area contributed by atoms with Gasteiger partial charge in [-0.3, -0.25) is 14.7 Å². The number of carbonyl (C=O) groups excluding carboxylic acids is 1. The lowest BCUT2D eigenvalue weighted by atomic mass is 9.94. The van der Waals surface area contributed by atoms with Gasteiger partial charge in [-0.25, -0.2) is 0 Å². The largest absolute Gasteiger partial charge is 0.493 e. The SMILES string of the molecule is COc1cc(C=C2SC(=NC3CCCCC3)N(C3CCCCC3)C2=O)ccc1OCc1ccc(Cl)cc1Cl. The number of halogens is 2. The molecule has 3 aliphatic rings. The van der Waals surface area contributed by atoms with E-state index in [9.17, 15) is 4.79 Å². The molecule has 0 spiro atoms. The Balaban J connectivity index is 1.36. The van der Waals surface area contributed by atoms with Crippen molar-refractivity contribution in [2.45, 2.75) is 82.9 Å². The highest BCUT2D eigenvalue weighted by Gasteiger charge is 2.39. The number of hydrogen-bond acceptors (Lipinski definition) is 5. The van der Waals surface area contributed by atoms with Gasteiger partial charge < -0.3 is 9.47 Å². The summed E-state index contributed by atoms with van der Waals surface area (Å²) < 4.78 is 11.6. The maximum Gasteiger partial charge on any atom is 0.266 e. The monoisotopic (exact) mass is 572 g/mol. The maximum absolute atomic E-state index is 13.7. The minimum Gasteiger partial charge on any atom is -0.493 e. The van der Waals surface area contributed by atoms with Gasteiger partial charge in [-0.1, -0.05) is 73.9 Å². The van der Waals surface area contributed by atoms with Gasteiger partial charge in [0.25, 0.3) is 5.91 Å². The van der Waals surface area contributed by atoms with Crippen LogP contribution < -0.4 is 9.47 Å². The standard InChI is InChI=1S/C30H34Cl2N2O3S/c1-36-27-16-20(12-15-26(27)37-19-21-13-14-22(31)18-25(21)32)17-28-29(35)34(24-10-6-3-7-11-24)30(38-28)33-23-8-4-2-5-9-23/h12-18,23-24H,2-11,19H2,1H3. The molecule has 0 N–H and O–H groups in total. The minimum absolute atomic E-state index is 0.0770. The molecule has 8 heteroatoms. The fraction of sp³-hybridized carbons (Fsp3) is 0.467. The highest BCUT2D eigenvalue weighted by molar-refractivity contribution is 8.18. The normalized spacial score (nSPS) is 21.4.